The number of nitrogens with zero attached hydrogens (tertiary/aromatic N) is 2. The third-order valence-corrected chi connectivity index (χ3v) is 5.47. The summed E-state index contributed by atoms with van der Waals surface area (Å²) < 4.78 is 7.24. The van der Waals surface area contributed by atoms with Crippen molar-refractivity contribution in [2.75, 3.05) is 44.7 Å². The van der Waals surface area contributed by atoms with E-state index in [9.17, 15) is 9.59 Å². The first-order valence-electron chi connectivity index (χ1n) is 10.2. The number of hydrogen-bond acceptors (Lipinski definition) is 5. The summed E-state index contributed by atoms with van der Waals surface area (Å²) in [6, 6.07) is 5.62. The minimum absolute atomic E-state index is 0.150. The molecule has 1 aromatic heterocycles. The number of amides is 1. The molecular formula is C21H31N5O3. The fraction of sp³-hybridized carbons (Fsp3) is 0.524. The van der Waals surface area contributed by atoms with Gasteiger partial charge >= 0.3 is 0 Å². The zero-order valence-electron chi connectivity index (χ0n) is 17.5. The monoisotopic (exact) mass is 401 g/mol. The Morgan fingerprint density at radius 1 is 1.21 bits per heavy atom. The van der Waals surface area contributed by atoms with E-state index in [1.165, 1.54) is 0 Å². The molecule has 29 heavy (non-hydrogen) atoms. The molecule has 0 atom stereocenters. The van der Waals surface area contributed by atoms with Crippen LogP contribution in [-0.2, 0) is 17.8 Å². The number of carbonyl (C=O) groups is 1. The number of morpholine rings is 1. The molecule has 1 amide bonds. The fourth-order valence-corrected chi connectivity index (χ4v) is 3.63. The Bertz CT molecular complexity index is 896. The highest BCUT2D eigenvalue weighted by Gasteiger charge is 2.16. The lowest BCUT2D eigenvalue weighted by Gasteiger charge is -2.26. The van der Waals surface area contributed by atoms with E-state index in [2.05, 4.69) is 20.6 Å². The van der Waals surface area contributed by atoms with Gasteiger partial charge in [-0.05, 0) is 38.5 Å². The van der Waals surface area contributed by atoms with Crippen LogP contribution in [0.1, 0.15) is 34.1 Å². The highest BCUT2D eigenvalue weighted by Crippen LogP contribution is 2.18. The molecule has 1 aliphatic rings. The standard InChI is InChI=1S/C21H31N5O3/c1-4-22-19-7-5-6-17(15(19)2)20(27)23-14-18-16(3)26(24-21(18)28)9-8-25-10-12-29-13-11-25/h5-7,22H,4,8-14H2,1-3H3,(H,23,27)(H,24,28). The highest BCUT2D eigenvalue weighted by atomic mass is 16.5. The van der Waals surface area contributed by atoms with Crippen molar-refractivity contribution in [3.8, 4) is 0 Å². The van der Waals surface area contributed by atoms with Crippen LogP contribution in [0.25, 0.3) is 0 Å². The second-order valence-corrected chi connectivity index (χ2v) is 7.30. The highest BCUT2D eigenvalue weighted by molar-refractivity contribution is 5.97. The van der Waals surface area contributed by atoms with E-state index in [1.54, 1.807) is 6.07 Å². The normalized spacial score (nSPS) is 14.7. The molecule has 1 saturated heterocycles. The van der Waals surface area contributed by atoms with Crippen LogP contribution in [0.3, 0.4) is 0 Å². The Morgan fingerprint density at radius 2 is 1.97 bits per heavy atom. The van der Waals surface area contributed by atoms with E-state index in [0.717, 1.165) is 56.3 Å². The maximum absolute atomic E-state index is 12.7. The van der Waals surface area contributed by atoms with Gasteiger partial charge < -0.3 is 15.4 Å². The van der Waals surface area contributed by atoms with Crippen molar-refractivity contribution in [2.24, 2.45) is 0 Å². The van der Waals surface area contributed by atoms with Gasteiger partial charge in [0.05, 0.1) is 31.9 Å². The van der Waals surface area contributed by atoms with E-state index in [1.807, 2.05) is 37.6 Å². The number of rotatable bonds is 8. The zero-order valence-corrected chi connectivity index (χ0v) is 17.5. The van der Waals surface area contributed by atoms with Crippen LogP contribution in [0.2, 0.25) is 0 Å². The van der Waals surface area contributed by atoms with Crippen molar-refractivity contribution in [1.82, 2.24) is 20.0 Å². The molecule has 0 aliphatic carbocycles. The molecule has 0 spiro atoms. The largest absolute Gasteiger partial charge is 0.385 e. The van der Waals surface area contributed by atoms with Gasteiger partial charge in [-0.25, -0.2) is 0 Å². The molecule has 3 N–H and O–H groups in total. The van der Waals surface area contributed by atoms with Crippen molar-refractivity contribution < 1.29 is 9.53 Å². The minimum Gasteiger partial charge on any atom is -0.385 e. The molecule has 1 aliphatic heterocycles. The summed E-state index contributed by atoms with van der Waals surface area (Å²) in [5.41, 5.74) is 3.78. The van der Waals surface area contributed by atoms with Crippen LogP contribution < -0.4 is 16.2 Å². The molecule has 0 saturated carbocycles. The fourth-order valence-electron chi connectivity index (χ4n) is 3.63. The van der Waals surface area contributed by atoms with Gasteiger partial charge in [-0.3, -0.25) is 24.3 Å². The molecule has 1 aromatic carbocycles. The molecule has 8 nitrogen and oxygen atoms in total. The quantitative estimate of drug-likeness (QED) is 0.623. The molecule has 0 unspecified atom stereocenters. The average Bonchev–Trinajstić information content (AvgIpc) is 3.00. The maximum atomic E-state index is 12.7. The first kappa shape index (κ1) is 21.1. The average molecular weight is 402 g/mol. The molecule has 2 aromatic rings. The molecule has 3 rings (SSSR count). The van der Waals surface area contributed by atoms with Crippen molar-refractivity contribution in [3.05, 3.63) is 50.9 Å². The number of anilines is 1. The van der Waals surface area contributed by atoms with Gasteiger partial charge in [-0.2, -0.15) is 0 Å². The van der Waals surface area contributed by atoms with E-state index in [4.69, 9.17) is 4.74 Å². The summed E-state index contributed by atoms with van der Waals surface area (Å²) in [5, 5.41) is 9.05. The predicted molar refractivity (Wildman–Crippen MR) is 114 cm³/mol. The van der Waals surface area contributed by atoms with Gasteiger partial charge in [0.15, 0.2) is 0 Å². The molecule has 158 valence electrons. The van der Waals surface area contributed by atoms with E-state index < -0.39 is 0 Å². The van der Waals surface area contributed by atoms with E-state index in [0.29, 0.717) is 17.7 Å². The van der Waals surface area contributed by atoms with Crippen LogP contribution >= 0.6 is 0 Å². The first-order valence-corrected chi connectivity index (χ1v) is 10.2. The van der Waals surface area contributed by atoms with E-state index >= 15 is 0 Å². The summed E-state index contributed by atoms with van der Waals surface area (Å²) in [4.78, 5) is 27.4. The lowest BCUT2D eigenvalue weighted by atomic mass is 10.1. The summed E-state index contributed by atoms with van der Waals surface area (Å²) in [5.74, 6) is -0.179. The molecular weight excluding hydrogens is 370 g/mol. The zero-order chi connectivity index (χ0) is 20.8. The van der Waals surface area contributed by atoms with Crippen molar-refractivity contribution in [1.29, 1.82) is 0 Å². The second-order valence-electron chi connectivity index (χ2n) is 7.30. The minimum atomic E-state index is -0.179. The summed E-state index contributed by atoms with van der Waals surface area (Å²) in [6.45, 7) is 11.8. The van der Waals surface area contributed by atoms with Gasteiger partial charge in [0.25, 0.3) is 11.5 Å². The lowest BCUT2D eigenvalue weighted by Crippen LogP contribution is -2.38. The Morgan fingerprint density at radius 3 is 2.69 bits per heavy atom. The predicted octanol–water partition coefficient (Wildman–Crippen LogP) is 1.49. The number of aromatic amines is 1. The van der Waals surface area contributed by atoms with Crippen LogP contribution in [0, 0.1) is 13.8 Å². The van der Waals surface area contributed by atoms with Crippen LogP contribution in [-0.4, -0.2) is 60.0 Å². The first-order chi connectivity index (χ1) is 14.0. The van der Waals surface area contributed by atoms with Gasteiger partial charge in [-0.15, -0.1) is 0 Å². The number of carbonyl (C=O) groups excluding carboxylic acids is 1. The maximum Gasteiger partial charge on any atom is 0.269 e. The Balaban J connectivity index is 1.63. The van der Waals surface area contributed by atoms with E-state index in [-0.39, 0.29) is 18.0 Å². The Hall–Kier alpha value is -2.58. The molecule has 1 fully saturated rings. The lowest BCUT2D eigenvalue weighted by molar-refractivity contribution is 0.0359. The number of aromatic nitrogens is 2. The van der Waals surface area contributed by atoms with Crippen LogP contribution in [0.15, 0.2) is 23.0 Å². The number of hydrogen-bond donors (Lipinski definition) is 3. The van der Waals surface area contributed by atoms with Crippen molar-refractivity contribution in [3.63, 3.8) is 0 Å². The number of nitrogens with one attached hydrogen (secondary N) is 3. The van der Waals surface area contributed by atoms with Gasteiger partial charge in [0.1, 0.15) is 0 Å². The van der Waals surface area contributed by atoms with Gasteiger partial charge in [0, 0.05) is 43.1 Å². The summed E-state index contributed by atoms with van der Waals surface area (Å²) >= 11 is 0. The van der Waals surface area contributed by atoms with Gasteiger partial charge in [-0.1, -0.05) is 6.07 Å². The van der Waals surface area contributed by atoms with Crippen molar-refractivity contribution in [2.45, 2.75) is 33.9 Å². The number of ether oxygens (including phenoxy) is 1. The Kier molecular flexibility index (Phi) is 7.11. The van der Waals surface area contributed by atoms with Crippen molar-refractivity contribution >= 4 is 11.6 Å². The summed E-state index contributed by atoms with van der Waals surface area (Å²) in [7, 11) is 0. The van der Waals surface area contributed by atoms with Gasteiger partial charge in [0.2, 0.25) is 0 Å². The number of benzene rings is 1. The smallest absolute Gasteiger partial charge is 0.269 e. The molecule has 0 bridgehead atoms. The second kappa shape index (κ2) is 9.76. The topological polar surface area (TPSA) is 91.4 Å². The molecule has 2 heterocycles. The molecule has 0 radical (unpaired) electrons. The Labute approximate surface area is 171 Å². The third-order valence-electron chi connectivity index (χ3n) is 5.47. The number of H-pyrrole nitrogens is 1. The van der Waals surface area contributed by atoms with Crippen LogP contribution in [0.4, 0.5) is 5.69 Å². The van der Waals surface area contributed by atoms with Crippen LogP contribution in [0.5, 0.6) is 0 Å². The SMILES string of the molecule is CCNc1cccc(C(=O)NCc2c(C)n(CCN3CCOCC3)[nH]c2=O)c1C. The summed E-state index contributed by atoms with van der Waals surface area (Å²) in [6.07, 6.45) is 0. The third kappa shape index (κ3) is 5.07. The molecule has 8 heteroatoms.